The van der Waals surface area contributed by atoms with Crippen LogP contribution in [0.3, 0.4) is 0 Å². The number of nitrogens with zero attached hydrogens (tertiary/aromatic N) is 2. The van der Waals surface area contributed by atoms with Gasteiger partial charge in [-0.1, -0.05) is 55.8 Å². The Morgan fingerprint density at radius 2 is 2.00 bits per heavy atom. The first-order chi connectivity index (χ1) is 8.22. The standard InChI is InChI=1S/C13H17N3O/c1-3-9(2)11(14)13-15-12(16-17-13)10-7-5-4-6-8-10/h4-9,11H,3,14H2,1-2H3/t9-,11-/m0/s1. The summed E-state index contributed by atoms with van der Waals surface area (Å²) in [6.07, 6.45) is 0.990. The average molecular weight is 231 g/mol. The minimum Gasteiger partial charge on any atom is -0.337 e. The zero-order valence-electron chi connectivity index (χ0n) is 10.1. The van der Waals surface area contributed by atoms with Gasteiger partial charge in [0, 0.05) is 5.56 Å². The number of hydrogen-bond donors (Lipinski definition) is 1. The lowest BCUT2D eigenvalue weighted by Gasteiger charge is -2.12. The van der Waals surface area contributed by atoms with Crippen LogP contribution in [-0.4, -0.2) is 10.1 Å². The van der Waals surface area contributed by atoms with Gasteiger partial charge in [0.25, 0.3) is 0 Å². The van der Waals surface area contributed by atoms with Gasteiger partial charge in [-0.3, -0.25) is 0 Å². The highest BCUT2D eigenvalue weighted by Crippen LogP contribution is 2.23. The summed E-state index contributed by atoms with van der Waals surface area (Å²) in [6, 6.07) is 9.55. The summed E-state index contributed by atoms with van der Waals surface area (Å²) in [5, 5.41) is 3.96. The first-order valence-corrected chi connectivity index (χ1v) is 5.87. The van der Waals surface area contributed by atoms with Crippen LogP contribution < -0.4 is 5.73 Å². The van der Waals surface area contributed by atoms with Crippen LogP contribution >= 0.6 is 0 Å². The molecule has 0 unspecified atom stereocenters. The van der Waals surface area contributed by atoms with Crippen LogP contribution in [0.15, 0.2) is 34.9 Å². The third-order valence-electron chi connectivity index (χ3n) is 3.02. The van der Waals surface area contributed by atoms with E-state index in [0.717, 1.165) is 12.0 Å². The SMILES string of the molecule is CC[C@H](C)[C@H](N)c1nc(-c2ccccc2)no1. The number of aromatic nitrogens is 2. The Bertz CT molecular complexity index is 467. The summed E-state index contributed by atoms with van der Waals surface area (Å²) in [5.74, 6) is 1.44. The molecule has 90 valence electrons. The number of hydrogen-bond acceptors (Lipinski definition) is 4. The Morgan fingerprint density at radius 3 is 2.65 bits per heavy atom. The minimum atomic E-state index is -0.190. The molecule has 0 bridgehead atoms. The Hall–Kier alpha value is -1.68. The molecule has 17 heavy (non-hydrogen) atoms. The van der Waals surface area contributed by atoms with E-state index in [-0.39, 0.29) is 6.04 Å². The quantitative estimate of drug-likeness (QED) is 0.878. The zero-order valence-corrected chi connectivity index (χ0v) is 10.1. The van der Waals surface area contributed by atoms with Gasteiger partial charge >= 0.3 is 0 Å². The molecule has 1 aromatic carbocycles. The van der Waals surface area contributed by atoms with Gasteiger partial charge in [0.1, 0.15) is 0 Å². The third-order valence-corrected chi connectivity index (χ3v) is 3.02. The first kappa shape index (κ1) is 11.8. The van der Waals surface area contributed by atoms with Crippen LogP contribution in [0.5, 0.6) is 0 Å². The summed E-state index contributed by atoms with van der Waals surface area (Å²) in [4.78, 5) is 4.35. The van der Waals surface area contributed by atoms with Crippen molar-refractivity contribution < 1.29 is 4.52 Å². The maximum Gasteiger partial charge on any atom is 0.244 e. The zero-order chi connectivity index (χ0) is 12.3. The number of benzene rings is 1. The van der Waals surface area contributed by atoms with Gasteiger partial charge in [-0.05, 0) is 5.92 Å². The second-order valence-corrected chi connectivity index (χ2v) is 4.23. The van der Waals surface area contributed by atoms with Crippen LogP contribution in [0.4, 0.5) is 0 Å². The molecule has 0 spiro atoms. The van der Waals surface area contributed by atoms with Crippen molar-refractivity contribution in [1.29, 1.82) is 0 Å². The summed E-state index contributed by atoms with van der Waals surface area (Å²) in [6.45, 7) is 4.18. The van der Waals surface area contributed by atoms with Crippen molar-refractivity contribution in [1.82, 2.24) is 10.1 Å². The molecule has 2 aromatic rings. The minimum absolute atomic E-state index is 0.190. The molecule has 0 aliphatic rings. The predicted molar refractivity (Wildman–Crippen MR) is 66.1 cm³/mol. The van der Waals surface area contributed by atoms with Gasteiger partial charge in [0.05, 0.1) is 6.04 Å². The topological polar surface area (TPSA) is 64.9 Å². The van der Waals surface area contributed by atoms with E-state index in [1.165, 1.54) is 0 Å². The molecular formula is C13H17N3O. The second-order valence-electron chi connectivity index (χ2n) is 4.23. The van der Waals surface area contributed by atoms with Gasteiger partial charge in [-0.25, -0.2) is 0 Å². The highest BCUT2D eigenvalue weighted by atomic mass is 16.5. The monoisotopic (exact) mass is 231 g/mol. The molecule has 2 atom stereocenters. The molecule has 0 saturated carbocycles. The van der Waals surface area contributed by atoms with Crippen molar-refractivity contribution in [2.75, 3.05) is 0 Å². The summed E-state index contributed by atoms with van der Waals surface area (Å²) >= 11 is 0. The van der Waals surface area contributed by atoms with Crippen LogP contribution in [0.1, 0.15) is 32.2 Å². The number of rotatable bonds is 4. The lowest BCUT2D eigenvalue weighted by atomic mass is 10.0. The fourth-order valence-corrected chi connectivity index (χ4v) is 1.57. The molecular weight excluding hydrogens is 214 g/mol. The van der Waals surface area contributed by atoms with E-state index in [0.29, 0.717) is 17.6 Å². The largest absolute Gasteiger partial charge is 0.337 e. The van der Waals surface area contributed by atoms with Gasteiger partial charge in [0.15, 0.2) is 0 Å². The van der Waals surface area contributed by atoms with E-state index >= 15 is 0 Å². The van der Waals surface area contributed by atoms with Crippen molar-refractivity contribution in [3.8, 4) is 11.4 Å². The average Bonchev–Trinajstić information content (AvgIpc) is 2.87. The van der Waals surface area contributed by atoms with Crippen molar-refractivity contribution in [2.45, 2.75) is 26.3 Å². The highest BCUT2D eigenvalue weighted by Gasteiger charge is 2.20. The van der Waals surface area contributed by atoms with E-state index in [4.69, 9.17) is 10.3 Å². The van der Waals surface area contributed by atoms with Gasteiger partial charge in [-0.15, -0.1) is 0 Å². The van der Waals surface area contributed by atoms with Crippen LogP contribution in [0, 0.1) is 5.92 Å². The predicted octanol–water partition coefficient (Wildman–Crippen LogP) is 2.78. The molecule has 0 amide bonds. The molecule has 0 aliphatic carbocycles. The van der Waals surface area contributed by atoms with Gasteiger partial charge in [0.2, 0.25) is 11.7 Å². The van der Waals surface area contributed by atoms with E-state index in [1.54, 1.807) is 0 Å². The molecule has 4 heteroatoms. The van der Waals surface area contributed by atoms with E-state index in [2.05, 4.69) is 24.0 Å². The van der Waals surface area contributed by atoms with E-state index in [9.17, 15) is 0 Å². The molecule has 0 aliphatic heterocycles. The summed E-state index contributed by atoms with van der Waals surface area (Å²) in [5.41, 5.74) is 6.99. The molecule has 0 radical (unpaired) electrons. The third kappa shape index (κ3) is 2.53. The fraction of sp³-hybridized carbons (Fsp3) is 0.385. The maximum absolute atomic E-state index is 6.04. The normalized spacial score (nSPS) is 14.5. The van der Waals surface area contributed by atoms with Gasteiger partial charge < -0.3 is 10.3 Å². The maximum atomic E-state index is 6.04. The molecule has 4 nitrogen and oxygen atoms in total. The van der Waals surface area contributed by atoms with E-state index < -0.39 is 0 Å². The van der Waals surface area contributed by atoms with Crippen LogP contribution in [0.25, 0.3) is 11.4 Å². The van der Waals surface area contributed by atoms with Gasteiger partial charge in [-0.2, -0.15) is 4.98 Å². The Balaban J connectivity index is 2.22. The summed E-state index contributed by atoms with van der Waals surface area (Å²) in [7, 11) is 0. The Labute approximate surface area is 101 Å². The van der Waals surface area contributed by atoms with Crippen molar-refractivity contribution in [3.05, 3.63) is 36.2 Å². The first-order valence-electron chi connectivity index (χ1n) is 5.87. The molecule has 1 aromatic heterocycles. The van der Waals surface area contributed by atoms with Crippen LogP contribution in [0.2, 0.25) is 0 Å². The lowest BCUT2D eigenvalue weighted by molar-refractivity contribution is 0.312. The van der Waals surface area contributed by atoms with Crippen molar-refractivity contribution in [3.63, 3.8) is 0 Å². The molecule has 1 heterocycles. The van der Waals surface area contributed by atoms with Crippen molar-refractivity contribution >= 4 is 0 Å². The van der Waals surface area contributed by atoms with E-state index in [1.807, 2.05) is 30.3 Å². The Kier molecular flexibility index (Phi) is 3.54. The lowest BCUT2D eigenvalue weighted by Crippen LogP contribution is -2.18. The molecule has 2 N–H and O–H groups in total. The summed E-state index contributed by atoms with van der Waals surface area (Å²) < 4.78 is 5.22. The highest BCUT2D eigenvalue weighted by molar-refractivity contribution is 5.53. The van der Waals surface area contributed by atoms with Crippen molar-refractivity contribution in [2.24, 2.45) is 11.7 Å². The smallest absolute Gasteiger partial charge is 0.244 e. The second kappa shape index (κ2) is 5.10. The number of nitrogens with two attached hydrogens (primary N) is 1. The molecule has 2 rings (SSSR count). The fourth-order valence-electron chi connectivity index (χ4n) is 1.57. The molecule has 0 fully saturated rings. The Morgan fingerprint density at radius 1 is 1.29 bits per heavy atom. The molecule has 0 saturated heterocycles. The van der Waals surface area contributed by atoms with Crippen LogP contribution in [-0.2, 0) is 0 Å².